The van der Waals surface area contributed by atoms with Crippen LogP contribution in [0.1, 0.15) is 32.0 Å². The van der Waals surface area contributed by atoms with Gasteiger partial charge in [0.25, 0.3) is 0 Å². The largest absolute Gasteiger partial charge is 0.319 e. The zero-order chi connectivity index (χ0) is 11.5. The topological polar surface area (TPSA) is 28.2 Å². The summed E-state index contributed by atoms with van der Waals surface area (Å²) in [6.45, 7) is 6.85. The van der Waals surface area contributed by atoms with Crippen LogP contribution in [0.4, 0.5) is 0 Å². The van der Waals surface area contributed by atoms with Crippen LogP contribution < -0.4 is 5.32 Å². The van der Waals surface area contributed by atoms with Gasteiger partial charge in [-0.05, 0) is 46.3 Å². The van der Waals surface area contributed by atoms with E-state index in [0.717, 1.165) is 6.54 Å². The number of hydrogen-bond donors (Lipinski definition) is 1. The van der Waals surface area contributed by atoms with Crippen molar-refractivity contribution in [2.24, 2.45) is 5.92 Å². The molecule has 2 atom stereocenters. The summed E-state index contributed by atoms with van der Waals surface area (Å²) in [4.78, 5) is 7.09. The molecule has 0 radical (unpaired) electrons. The minimum absolute atomic E-state index is 0.513. The molecule has 0 amide bonds. The van der Waals surface area contributed by atoms with Crippen molar-refractivity contribution in [2.75, 3.05) is 20.1 Å². The maximum Gasteiger partial charge on any atom is 0.0795 e. The van der Waals surface area contributed by atoms with Gasteiger partial charge in [-0.1, -0.05) is 0 Å². The van der Waals surface area contributed by atoms with Gasteiger partial charge in [0, 0.05) is 11.4 Å². The molecular formula is C12H21N3S. The standard InChI is InChI=1S/C12H21N3S/c1-9(2)15-5-4-10(6-13-3)12(15)11-7-16-8-14-11/h7-10,12-13H,4-6H2,1-3H3. The van der Waals surface area contributed by atoms with E-state index in [-0.39, 0.29) is 0 Å². The van der Waals surface area contributed by atoms with Crippen LogP contribution >= 0.6 is 11.3 Å². The van der Waals surface area contributed by atoms with Gasteiger partial charge in [-0.2, -0.15) is 0 Å². The van der Waals surface area contributed by atoms with Crippen LogP contribution in [0.5, 0.6) is 0 Å². The Bertz CT molecular complexity index is 310. The quantitative estimate of drug-likeness (QED) is 0.872. The molecule has 4 heteroatoms. The summed E-state index contributed by atoms with van der Waals surface area (Å²) < 4.78 is 0. The lowest BCUT2D eigenvalue weighted by atomic mass is 9.98. The highest BCUT2D eigenvalue weighted by atomic mass is 32.1. The summed E-state index contributed by atoms with van der Waals surface area (Å²) in [5.74, 6) is 0.703. The zero-order valence-corrected chi connectivity index (χ0v) is 11.1. The average molecular weight is 239 g/mol. The van der Waals surface area contributed by atoms with Crippen LogP contribution in [0.3, 0.4) is 0 Å². The predicted octanol–water partition coefficient (Wildman–Crippen LogP) is 2.13. The van der Waals surface area contributed by atoms with E-state index in [4.69, 9.17) is 0 Å². The van der Waals surface area contributed by atoms with Gasteiger partial charge in [-0.15, -0.1) is 11.3 Å². The SMILES string of the molecule is CNCC1CCN(C(C)C)C1c1cscn1. The van der Waals surface area contributed by atoms with Gasteiger partial charge in [-0.3, -0.25) is 4.90 Å². The lowest BCUT2D eigenvalue weighted by Crippen LogP contribution is -2.34. The lowest BCUT2D eigenvalue weighted by molar-refractivity contribution is 0.179. The maximum atomic E-state index is 4.51. The van der Waals surface area contributed by atoms with E-state index in [1.54, 1.807) is 11.3 Å². The number of likely N-dealkylation sites (tertiary alicyclic amines) is 1. The normalized spacial score (nSPS) is 26.8. The smallest absolute Gasteiger partial charge is 0.0795 e. The van der Waals surface area contributed by atoms with Crippen molar-refractivity contribution in [1.82, 2.24) is 15.2 Å². The minimum atomic E-state index is 0.513. The molecule has 2 heterocycles. The third-order valence-electron chi connectivity index (χ3n) is 3.45. The monoisotopic (exact) mass is 239 g/mol. The van der Waals surface area contributed by atoms with Gasteiger partial charge in [0.05, 0.1) is 17.2 Å². The van der Waals surface area contributed by atoms with Crippen LogP contribution in [0, 0.1) is 5.92 Å². The van der Waals surface area contributed by atoms with Gasteiger partial charge in [0.15, 0.2) is 0 Å². The van der Waals surface area contributed by atoms with Crippen LogP contribution in [0.15, 0.2) is 10.9 Å². The van der Waals surface area contributed by atoms with Crippen LogP contribution in [-0.4, -0.2) is 36.1 Å². The fourth-order valence-electron chi connectivity index (χ4n) is 2.72. The van der Waals surface area contributed by atoms with Crippen molar-refractivity contribution in [3.63, 3.8) is 0 Å². The van der Waals surface area contributed by atoms with Crippen LogP contribution in [0.2, 0.25) is 0 Å². The van der Waals surface area contributed by atoms with Crippen molar-refractivity contribution < 1.29 is 0 Å². The molecule has 2 unspecified atom stereocenters. The van der Waals surface area contributed by atoms with Gasteiger partial charge >= 0.3 is 0 Å². The van der Waals surface area contributed by atoms with Crippen molar-refractivity contribution in [3.05, 3.63) is 16.6 Å². The number of thiazole rings is 1. The molecule has 0 saturated carbocycles. The predicted molar refractivity (Wildman–Crippen MR) is 68.7 cm³/mol. The van der Waals surface area contributed by atoms with Crippen molar-refractivity contribution in [1.29, 1.82) is 0 Å². The second-order valence-electron chi connectivity index (χ2n) is 4.80. The Labute approximate surface area is 102 Å². The summed E-state index contributed by atoms with van der Waals surface area (Å²) in [5, 5.41) is 5.51. The molecule has 1 aliphatic heterocycles. The molecule has 1 aliphatic rings. The summed E-state index contributed by atoms with van der Waals surface area (Å²) in [6, 6.07) is 1.12. The molecule has 1 aromatic rings. The van der Waals surface area contributed by atoms with Crippen molar-refractivity contribution >= 4 is 11.3 Å². The highest BCUT2D eigenvalue weighted by molar-refractivity contribution is 7.07. The number of hydrogen-bond acceptors (Lipinski definition) is 4. The molecular weight excluding hydrogens is 218 g/mol. The Morgan fingerprint density at radius 2 is 2.44 bits per heavy atom. The second kappa shape index (κ2) is 5.25. The van der Waals surface area contributed by atoms with E-state index < -0.39 is 0 Å². The number of aromatic nitrogens is 1. The fraction of sp³-hybridized carbons (Fsp3) is 0.750. The molecule has 0 aliphatic carbocycles. The third kappa shape index (κ3) is 2.29. The fourth-order valence-corrected chi connectivity index (χ4v) is 3.30. The van der Waals surface area contributed by atoms with Crippen molar-refractivity contribution in [3.8, 4) is 0 Å². The molecule has 0 spiro atoms. The number of nitrogens with zero attached hydrogens (tertiary/aromatic N) is 2. The highest BCUT2D eigenvalue weighted by Gasteiger charge is 2.36. The van der Waals surface area contributed by atoms with Crippen molar-refractivity contribution in [2.45, 2.75) is 32.4 Å². The first kappa shape index (κ1) is 12.0. The average Bonchev–Trinajstić information content (AvgIpc) is 2.84. The summed E-state index contributed by atoms with van der Waals surface area (Å²) >= 11 is 1.70. The van der Waals surface area contributed by atoms with Crippen LogP contribution in [-0.2, 0) is 0 Å². The van der Waals surface area contributed by atoms with Gasteiger partial charge < -0.3 is 5.32 Å². The number of nitrogens with one attached hydrogen (secondary N) is 1. The van der Waals surface area contributed by atoms with Crippen LogP contribution in [0.25, 0.3) is 0 Å². The summed E-state index contributed by atoms with van der Waals surface area (Å²) in [7, 11) is 2.04. The van der Waals surface area contributed by atoms with E-state index in [1.807, 2.05) is 12.6 Å². The Morgan fingerprint density at radius 3 is 3.00 bits per heavy atom. The van der Waals surface area contributed by atoms with E-state index in [2.05, 4.69) is 34.4 Å². The summed E-state index contributed by atoms with van der Waals surface area (Å²) in [5.41, 5.74) is 3.21. The van der Waals surface area contributed by atoms with E-state index >= 15 is 0 Å². The Hall–Kier alpha value is -0.450. The zero-order valence-electron chi connectivity index (χ0n) is 10.3. The lowest BCUT2D eigenvalue weighted by Gasteiger charge is -2.30. The highest BCUT2D eigenvalue weighted by Crippen LogP contribution is 2.37. The Balaban J connectivity index is 2.19. The number of rotatable bonds is 4. The molecule has 1 aromatic heterocycles. The molecule has 3 nitrogen and oxygen atoms in total. The second-order valence-corrected chi connectivity index (χ2v) is 5.51. The maximum absolute atomic E-state index is 4.51. The molecule has 1 N–H and O–H groups in total. The molecule has 2 rings (SSSR count). The van der Waals surface area contributed by atoms with Gasteiger partial charge in [-0.25, -0.2) is 4.98 Å². The molecule has 90 valence electrons. The third-order valence-corrected chi connectivity index (χ3v) is 4.05. The first-order valence-electron chi connectivity index (χ1n) is 6.02. The Kier molecular flexibility index (Phi) is 3.95. The van der Waals surface area contributed by atoms with E-state index in [9.17, 15) is 0 Å². The minimum Gasteiger partial charge on any atom is -0.319 e. The van der Waals surface area contributed by atoms with Gasteiger partial charge in [0.2, 0.25) is 0 Å². The molecule has 1 fully saturated rings. The summed E-state index contributed by atoms with van der Waals surface area (Å²) in [6.07, 6.45) is 1.28. The van der Waals surface area contributed by atoms with E-state index in [1.165, 1.54) is 18.7 Å². The Morgan fingerprint density at radius 1 is 1.62 bits per heavy atom. The van der Waals surface area contributed by atoms with E-state index in [0.29, 0.717) is 18.0 Å². The molecule has 0 aromatic carbocycles. The molecule has 0 bridgehead atoms. The first-order chi connectivity index (χ1) is 7.74. The first-order valence-corrected chi connectivity index (χ1v) is 6.96. The molecule has 1 saturated heterocycles. The molecule has 16 heavy (non-hydrogen) atoms. The van der Waals surface area contributed by atoms with Gasteiger partial charge in [0.1, 0.15) is 0 Å².